The predicted octanol–water partition coefficient (Wildman–Crippen LogP) is 0.935. The van der Waals surface area contributed by atoms with E-state index in [1.165, 1.54) is 0 Å². The molecule has 4 nitrogen and oxygen atoms in total. The van der Waals surface area contributed by atoms with Gasteiger partial charge >= 0.3 is 0 Å². The van der Waals surface area contributed by atoms with Crippen molar-refractivity contribution >= 4 is 5.91 Å². The molecule has 0 bridgehead atoms. The average Bonchev–Trinajstić information content (AvgIpc) is 3.12. The van der Waals surface area contributed by atoms with Gasteiger partial charge in [-0.25, -0.2) is 0 Å². The normalized spacial score (nSPS) is 17.9. The summed E-state index contributed by atoms with van der Waals surface area (Å²) in [4.78, 5) is 11.9. The second-order valence-electron chi connectivity index (χ2n) is 4.40. The molecule has 4 heteroatoms. The minimum Gasteiger partial charge on any atom is -0.394 e. The van der Waals surface area contributed by atoms with E-state index in [1.807, 2.05) is 12.1 Å². The molecule has 88 valence electrons. The third-order valence-corrected chi connectivity index (χ3v) is 3.07. The van der Waals surface area contributed by atoms with Crippen molar-refractivity contribution in [2.24, 2.45) is 0 Å². The van der Waals surface area contributed by atoms with E-state index >= 15 is 0 Å². The van der Waals surface area contributed by atoms with Crippen molar-refractivity contribution in [1.82, 2.24) is 5.32 Å². The maximum atomic E-state index is 11.9. The summed E-state index contributed by atoms with van der Waals surface area (Å²) in [6.07, 6.45) is 1.56. The van der Waals surface area contributed by atoms with E-state index in [4.69, 9.17) is 10.4 Å². The fourth-order valence-corrected chi connectivity index (χ4v) is 1.74. The van der Waals surface area contributed by atoms with Gasteiger partial charge in [-0.3, -0.25) is 4.79 Å². The Morgan fingerprint density at radius 1 is 1.47 bits per heavy atom. The highest BCUT2D eigenvalue weighted by Gasteiger charge is 2.44. The first-order valence-electron chi connectivity index (χ1n) is 5.58. The van der Waals surface area contributed by atoms with Gasteiger partial charge in [0.1, 0.15) is 5.92 Å². The lowest BCUT2D eigenvalue weighted by Gasteiger charge is -2.17. The molecule has 1 aromatic carbocycles. The minimum atomic E-state index is -0.805. The van der Waals surface area contributed by atoms with Crippen LogP contribution in [-0.4, -0.2) is 23.2 Å². The third-order valence-electron chi connectivity index (χ3n) is 3.07. The van der Waals surface area contributed by atoms with Crippen LogP contribution in [0.15, 0.2) is 30.3 Å². The van der Waals surface area contributed by atoms with Crippen LogP contribution in [0.4, 0.5) is 0 Å². The monoisotopic (exact) mass is 230 g/mol. The van der Waals surface area contributed by atoms with Gasteiger partial charge in [-0.05, 0) is 18.4 Å². The summed E-state index contributed by atoms with van der Waals surface area (Å²) in [6.45, 7) is -0.0638. The Kier molecular flexibility index (Phi) is 3.12. The number of aliphatic hydroxyl groups is 1. The highest BCUT2D eigenvalue weighted by molar-refractivity contribution is 5.87. The molecule has 1 aliphatic rings. The summed E-state index contributed by atoms with van der Waals surface area (Å²) in [5, 5.41) is 21.0. The van der Waals surface area contributed by atoms with E-state index in [0.717, 1.165) is 12.8 Å². The van der Waals surface area contributed by atoms with E-state index in [9.17, 15) is 4.79 Å². The van der Waals surface area contributed by atoms with Gasteiger partial charge in [0.15, 0.2) is 0 Å². The number of hydrogen-bond donors (Lipinski definition) is 2. The molecular weight excluding hydrogens is 216 g/mol. The Morgan fingerprint density at radius 2 is 2.12 bits per heavy atom. The first-order valence-corrected chi connectivity index (χ1v) is 5.58. The Bertz CT molecular complexity index is 446. The van der Waals surface area contributed by atoms with Crippen molar-refractivity contribution in [3.05, 3.63) is 35.9 Å². The van der Waals surface area contributed by atoms with Crippen LogP contribution in [0.5, 0.6) is 0 Å². The standard InChI is InChI=1S/C13H14N2O2/c14-8-11(10-4-2-1-3-5-10)12(17)15-13(9-16)6-7-13/h1-5,11,16H,6-7,9H2,(H,15,17). The first kappa shape index (κ1) is 11.6. The molecule has 17 heavy (non-hydrogen) atoms. The Labute approximate surface area is 99.9 Å². The quantitative estimate of drug-likeness (QED) is 0.808. The molecule has 0 spiro atoms. The van der Waals surface area contributed by atoms with Crippen molar-refractivity contribution in [1.29, 1.82) is 5.26 Å². The molecule has 1 aromatic rings. The molecular formula is C13H14N2O2. The molecule has 2 N–H and O–H groups in total. The summed E-state index contributed by atoms with van der Waals surface area (Å²) in [5.41, 5.74) is 0.210. The number of carbonyl (C=O) groups excluding carboxylic acids is 1. The van der Waals surface area contributed by atoms with Crippen LogP contribution in [0.2, 0.25) is 0 Å². The zero-order valence-corrected chi connectivity index (χ0v) is 9.39. The second kappa shape index (κ2) is 4.56. The SMILES string of the molecule is N#CC(C(=O)NC1(CO)CC1)c1ccccc1. The van der Waals surface area contributed by atoms with Gasteiger partial charge in [0.25, 0.3) is 0 Å². The smallest absolute Gasteiger partial charge is 0.242 e. The van der Waals surface area contributed by atoms with Crippen LogP contribution in [0.3, 0.4) is 0 Å². The van der Waals surface area contributed by atoms with Gasteiger partial charge in [0.2, 0.25) is 5.91 Å². The Hall–Kier alpha value is -1.86. The number of carbonyl (C=O) groups is 1. The molecule has 1 saturated carbocycles. The summed E-state index contributed by atoms with van der Waals surface area (Å²) in [5.74, 6) is -1.13. The summed E-state index contributed by atoms with van der Waals surface area (Å²) >= 11 is 0. The lowest BCUT2D eigenvalue weighted by molar-refractivity contribution is -0.122. The minimum absolute atomic E-state index is 0.0638. The number of nitrogens with zero attached hydrogens (tertiary/aromatic N) is 1. The maximum Gasteiger partial charge on any atom is 0.242 e. The van der Waals surface area contributed by atoms with E-state index in [2.05, 4.69) is 5.32 Å². The van der Waals surface area contributed by atoms with Crippen LogP contribution >= 0.6 is 0 Å². The predicted molar refractivity (Wildman–Crippen MR) is 62.0 cm³/mol. The maximum absolute atomic E-state index is 11.9. The number of nitriles is 1. The number of rotatable bonds is 4. The number of benzene rings is 1. The van der Waals surface area contributed by atoms with E-state index < -0.39 is 11.5 Å². The van der Waals surface area contributed by atoms with Gasteiger partial charge in [-0.15, -0.1) is 0 Å². The zero-order chi connectivity index (χ0) is 12.3. The molecule has 1 amide bonds. The van der Waals surface area contributed by atoms with Crippen molar-refractivity contribution in [3.8, 4) is 6.07 Å². The van der Waals surface area contributed by atoms with E-state index in [1.54, 1.807) is 24.3 Å². The lowest BCUT2D eigenvalue weighted by atomic mass is 9.99. The molecule has 0 aliphatic heterocycles. The first-order chi connectivity index (χ1) is 8.21. The summed E-state index contributed by atoms with van der Waals surface area (Å²) < 4.78 is 0. The molecule has 0 heterocycles. The van der Waals surface area contributed by atoms with Crippen LogP contribution < -0.4 is 5.32 Å². The molecule has 1 fully saturated rings. The molecule has 1 atom stereocenters. The van der Waals surface area contributed by atoms with Gasteiger partial charge in [0.05, 0.1) is 18.2 Å². The third kappa shape index (κ3) is 2.45. The van der Waals surface area contributed by atoms with Crippen molar-refractivity contribution in [3.63, 3.8) is 0 Å². The van der Waals surface area contributed by atoms with Crippen LogP contribution in [-0.2, 0) is 4.79 Å². The average molecular weight is 230 g/mol. The van der Waals surface area contributed by atoms with Crippen LogP contribution in [0.1, 0.15) is 24.3 Å². The fourth-order valence-electron chi connectivity index (χ4n) is 1.74. The van der Waals surface area contributed by atoms with Crippen molar-refractivity contribution < 1.29 is 9.90 Å². The number of hydrogen-bond acceptors (Lipinski definition) is 3. The van der Waals surface area contributed by atoms with Crippen LogP contribution in [0.25, 0.3) is 0 Å². The summed E-state index contributed by atoms with van der Waals surface area (Å²) in [6, 6.07) is 10.9. The number of aliphatic hydroxyl groups excluding tert-OH is 1. The van der Waals surface area contributed by atoms with E-state index in [0.29, 0.717) is 5.56 Å². The lowest BCUT2D eigenvalue weighted by Crippen LogP contribution is -2.42. The number of amides is 1. The molecule has 0 radical (unpaired) electrons. The fraction of sp³-hybridized carbons (Fsp3) is 0.385. The van der Waals surface area contributed by atoms with Gasteiger partial charge in [0, 0.05) is 0 Å². The van der Waals surface area contributed by atoms with Gasteiger partial charge < -0.3 is 10.4 Å². The van der Waals surface area contributed by atoms with Gasteiger partial charge in [-0.1, -0.05) is 30.3 Å². The zero-order valence-electron chi connectivity index (χ0n) is 9.39. The second-order valence-corrected chi connectivity index (χ2v) is 4.40. The molecule has 0 saturated heterocycles. The highest BCUT2D eigenvalue weighted by Crippen LogP contribution is 2.35. The Morgan fingerprint density at radius 3 is 2.59 bits per heavy atom. The van der Waals surface area contributed by atoms with Crippen LogP contribution in [0, 0.1) is 11.3 Å². The van der Waals surface area contributed by atoms with E-state index in [-0.39, 0.29) is 12.5 Å². The highest BCUT2D eigenvalue weighted by atomic mass is 16.3. The molecule has 1 unspecified atom stereocenters. The number of nitrogens with one attached hydrogen (secondary N) is 1. The van der Waals surface area contributed by atoms with Crippen molar-refractivity contribution in [2.75, 3.05) is 6.61 Å². The molecule has 0 aromatic heterocycles. The molecule has 2 rings (SSSR count). The van der Waals surface area contributed by atoms with Crippen molar-refractivity contribution in [2.45, 2.75) is 24.3 Å². The topological polar surface area (TPSA) is 73.1 Å². The molecule has 1 aliphatic carbocycles. The largest absolute Gasteiger partial charge is 0.394 e. The Balaban J connectivity index is 2.10. The summed E-state index contributed by atoms with van der Waals surface area (Å²) in [7, 11) is 0. The van der Waals surface area contributed by atoms with Gasteiger partial charge in [-0.2, -0.15) is 5.26 Å².